The molecule has 5 nitrogen and oxygen atoms in total. The van der Waals surface area contributed by atoms with E-state index in [0.717, 1.165) is 23.4 Å². The van der Waals surface area contributed by atoms with Gasteiger partial charge in [-0.3, -0.25) is 4.58 Å². The molecule has 2 aromatic rings. The molecule has 11 heteroatoms. The minimum absolute atomic E-state index is 0.0182. The molecule has 0 radical (unpaired) electrons. The number of carbonyl (C=O) groups excluding carboxylic acids is 1. The lowest BCUT2D eigenvalue weighted by Crippen LogP contribution is -2.43. The molecule has 202 valence electrons. The molecule has 0 saturated carbocycles. The molecule has 0 aromatic heterocycles. The molecular formula is C26H31F6N4O+. The fraction of sp³-hybridized carbons (Fsp3) is 0.462. The Morgan fingerprint density at radius 2 is 1.49 bits per heavy atom. The highest BCUT2D eigenvalue weighted by Gasteiger charge is 2.37. The van der Waals surface area contributed by atoms with Gasteiger partial charge in [-0.2, -0.15) is 26.3 Å². The summed E-state index contributed by atoms with van der Waals surface area (Å²) in [6, 6.07) is 4.17. The van der Waals surface area contributed by atoms with Crippen LogP contribution in [0.2, 0.25) is 0 Å². The van der Waals surface area contributed by atoms with E-state index in [1.807, 2.05) is 27.1 Å². The number of anilines is 2. The average molecular weight is 530 g/mol. The Morgan fingerprint density at radius 1 is 0.946 bits per heavy atom. The fourth-order valence-electron chi connectivity index (χ4n) is 4.70. The van der Waals surface area contributed by atoms with Gasteiger partial charge in [-0.1, -0.05) is 31.5 Å². The Morgan fingerprint density at radius 3 is 1.97 bits per heavy atom. The number of hydrogen-bond acceptors (Lipinski definition) is 2. The van der Waals surface area contributed by atoms with Gasteiger partial charge in [0, 0.05) is 5.69 Å². The highest BCUT2D eigenvalue weighted by atomic mass is 19.4. The molecule has 3 rings (SSSR count). The van der Waals surface area contributed by atoms with Crippen LogP contribution in [-0.2, 0) is 12.4 Å². The first-order valence-electron chi connectivity index (χ1n) is 11.9. The molecule has 2 N–H and O–H groups in total. The molecule has 1 atom stereocenters. The molecule has 2 amide bonds. The number of benzene rings is 2. The summed E-state index contributed by atoms with van der Waals surface area (Å²) in [4.78, 5) is 14.6. The van der Waals surface area contributed by atoms with Crippen LogP contribution in [-0.4, -0.2) is 42.6 Å². The van der Waals surface area contributed by atoms with Crippen LogP contribution in [0.1, 0.15) is 41.7 Å². The summed E-state index contributed by atoms with van der Waals surface area (Å²) in [5, 5.41) is 4.72. The highest BCUT2D eigenvalue weighted by molar-refractivity contribution is 5.89. The maximum absolute atomic E-state index is 13.1. The second-order valence-corrected chi connectivity index (χ2v) is 9.73. The lowest BCUT2D eigenvalue weighted by Gasteiger charge is -2.21. The minimum Gasteiger partial charge on any atom is -0.334 e. The number of halogens is 6. The van der Waals surface area contributed by atoms with E-state index in [9.17, 15) is 31.1 Å². The Balaban J connectivity index is 1.74. The van der Waals surface area contributed by atoms with E-state index < -0.39 is 35.2 Å². The second kappa shape index (κ2) is 10.6. The number of amides is 2. The van der Waals surface area contributed by atoms with Crippen LogP contribution in [0.25, 0.3) is 0 Å². The van der Waals surface area contributed by atoms with Crippen molar-refractivity contribution in [2.75, 3.05) is 29.9 Å². The van der Waals surface area contributed by atoms with E-state index in [-0.39, 0.29) is 24.6 Å². The molecule has 1 aliphatic rings. The van der Waals surface area contributed by atoms with Crippen molar-refractivity contribution in [3.8, 4) is 0 Å². The van der Waals surface area contributed by atoms with E-state index in [0.29, 0.717) is 18.7 Å². The van der Waals surface area contributed by atoms with Crippen LogP contribution < -0.4 is 15.5 Å². The summed E-state index contributed by atoms with van der Waals surface area (Å²) in [6.45, 7) is 11.7. The molecule has 0 saturated heterocycles. The Kier molecular flexibility index (Phi) is 8.14. The van der Waals surface area contributed by atoms with Crippen molar-refractivity contribution in [3.05, 3.63) is 58.1 Å². The van der Waals surface area contributed by atoms with Crippen molar-refractivity contribution in [1.29, 1.82) is 0 Å². The van der Waals surface area contributed by atoms with Gasteiger partial charge in [0.25, 0.3) is 0 Å². The van der Waals surface area contributed by atoms with Gasteiger partial charge in [0.15, 0.2) is 0 Å². The topological polar surface area (TPSA) is 47.4 Å². The predicted octanol–water partition coefficient (Wildman–Crippen LogP) is 6.36. The first-order chi connectivity index (χ1) is 17.1. The fourth-order valence-corrected chi connectivity index (χ4v) is 4.70. The first-order valence-corrected chi connectivity index (χ1v) is 11.9. The minimum atomic E-state index is -5.00. The van der Waals surface area contributed by atoms with E-state index in [1.54, 1.807) is 0 Å². The molecule has 1 aliphatic heterocycles. The first kappa shape index (κ1) is 28.3. The lowest BCUT2D eigenvalue weighted by molar-refractivity contribution is -0.558. The van der Waals surface area contributed by atoms with Crippen molar-refractivity contribution in [1.82, 2.24) is 5.32 Å². The quantitative estimate of drug-likeness (QED) is 0.338. The van der Waals surface area contributed by atoms with Crippen molar-refractivity contribution in [2.45, 2.75) is 53.0 Å². The molecule has 0 spiro atoms. The van der Waals surface area contributed by atoms with Gasteiger partial charge in [0.2, 0.25) is 6.34 Å². The summed E-state index contributed by atoms with van der Waals surface area (Å²) in [7, 11) is 0. The van der Waals surface area contributed by atoms with E-state index in [4.69, 9.17) is 0 Å². The zero-order chi connectivity index (χ0) is 27.7. The number of rotatable bonds is 6. The summed E-state index contributed by atoms with van der Waals surface area (Å²) >= 11 is 0. The largest absolute Gasteiger partial charge is 0.416 e. The number of hydrogen-bond donors (Lipinski definition) is 2. The SMILES string of the molecule is Cc1cc(C)c(N2C=[N+]([C@H](CNC(=O)Nc3cc(C(F)(F)F)cc(C(F)(F)F)c3)C(C)C)CC2)c(C)c1. The van der Waals surface area contributed by atoms with Gasteiger partial charge >= 0.3 is 18.4 Å². The molecule has 0 bridgehead atoms. The van der Waals surface area contributed by atoms with Crippen LogP contribution in [0.3, 0.4) is 0 Å². The van der Waals surface area contributed by atoms with Crippen molar-refractivity contribution < 1.29 is 35.7 Å². The number of nitrogens with one attached hydrogen (secondary N) is 2. The molecule has 1 heterocycles. The average Bonchev–Trinajstić information content (AvgIpc) is 3.20. The maximum atomic E-state index is 13.1. The Labute approximate surface area is 212 Å². The molecule has 0 aliphatic carbocycles. The smallest absolute Gasteiger partial charge is 0.334 e. The van der Waals surface area contributed by atoms with Crippen LogP contribution in [0.15, 0.2) is 30.3 Å². The predicted molar refractivity (Wildman–Crippen MR) is 131 cm³/mol. The van der Waals surface area contributed by atoms with Crippen molar-refractivity contribution in [3.63, 3.8) is 0 Å². The summed E-state index contributed by atoms with van der Waals surface area (Å²) in [6.07, 6.45) is -8.00. The number of urea groups is 1. The lowest BCUT2D eigenvalue weighted by atomic mass is 10.0. The molecule has 0 unspecified atom stereocenters. The van der Waals surface area contributed by atoms with Crippen LogP contribution in [0.4, 0.5) is 42.5 Å². The third kappa shape index (κ3) is 6.95. The maximum Gasteiger partial charge on any atom is 0.416 e. The third-order valence-corrected chi connectivity index (χ3v) is 6.32. The monoisotopic (exact) mass is 529 g/mol. The van der Waals surface area contributed by atoms with Gasteiger partial charge < -0.3 is 10.6 Å². The zero-order valence-corrected chi connectivity index (χ0v) is 21.3. The summed E-state index contributed by atoms with van der Waals surface area (Å²) in [5.74, 6) is 0.0992. The molecular weight excluding hydrogens is 498 g/mol. The number of alkyl halides is 6. The third-order valence-electron chi connectivity index (χ3n) is 6.32. The highest BCUT2D eigenvalue weighted by Crippen LogP contribution is 2.37. The van der Waals surface area contributed by atoms with Crippen molar-refractivity contribution in [2.24, 2.45) is 5.92 Å². The van der Waals surface area contributed by atoms with Gasteiger partial charge in [-0.05, 0) is 56.0 Å². The standard InChI is InChI=1S/C26H30F6N4O/c1-15(2)22(35-6-7-36(14-35)23-17(4)8-16(3)9-18(23)5)13-33-24(37)34-21-11-19(25(27,28)29)10-20(12-21)26(30,31)32/h8-12,14-15,22H,6-7,13H2,1-5H3,(H-,33,34,37)/p+1/t22-/m1/s1. The summed E-state index contributed by atoms with van der Waals surface area (Å²) in [5.41, 5.74) is 1.00. The number of nitrogens with zero attached hydrogens (tertiary/aromatic N) is 2. The van der Waals surface area contributed by atoms with E-state index >= 15 is 0 Å². The molecule has 2 aromatic carbocycles. The van der Waals surface area contributed by atoms with Gasteiger partial charge in [0.05, 0.1) is 17.7 Å². The van der Waals surface area contributed by atoms with Gasteiger partial charge in [-0.25, -0.2) is 9.69 Å². The van der Waals surface area contributed by atoms with Crippen LogP contribution in [0.5, 0.6) is 0 Å². The molecule has 0 fully saturated rings. The number of aryl methyl sites for hydroxylation is 3. The van der Waals surface area contributed by atoms with Crippen molar-refractivity contribution >= 4 is 23.7 Å². The van der Waals surface area contributed by atoms with E-state index in [2.05, 4.69) is 46.1 Å². The zero-order valence-electron chi connectivity index (χ0n) is 21.3. The summed E-state index contributed by atoms with van der Waals surface area (Å²) < 4.78 is 80.7. The van der Waals surface area contributed by atoms with Crippen LogP contribution >= 0.6 is 0 Å². The van der Waals surface area contributed by atoms with Gasteiger partial charge in [0.1, 0.15) is 24.8 Å². The van der Waals surface area contributed by atoms with Crippen LogP contribution in [0, 0.1) is 26.7 Å². The Bertz CT molecular complexity index is 1130. The number of carbonyl (C=O) groups is 1. The normalized spacial score (nSPS) is 15.1. The Hall–Kier alpha value is -3.24. The molecule has 37 heavy (non-hydrogen) atoms. The van der Waals surface area contributed by atoms with Gasteiger partial charge in [-0.15, -0.1) is 0 Å². The second-order valence-electron chi connectivity index (χ2n) is 9.73. The van der Waals surface area contributed by atoms with E-state index in [1.165, 1.54) is 5.56 Å².